The first-order valence-electron chi connectivity index (χ1n) is 5.98. The number of hydrogen-bond acceptors (Lipinski definition) is 5. The molecule has 19 heavy (non-hydrogen) atoms. The van der Waals surface area contributed by atoms with Crippen molar-refractivity contribution in [2.45, 2.75) is 6.42 Å². The Morgan fingerprint density at radius 3 is 3.21 bits per heavy atom. The summed E-state index contributed by atoms with van der Waals surface area (Å²) in [4.78, 5) is 28.8. The third-order valence-electron chi connectivity index (χ3n) is 2.62. The van der Waals surface area contributed by atoms with E-state index in [1.807, 2.05) is 0 Å². The molecule has 0 aromatic carbocycles. The van der Waals surface area contributed by atoms with E-state index in [9.17, 15) is 9.59 Å². The molecule has 0 saturated carbocycles. The van der Waals surface area contributed by atoms with E-state index in [2.05, 4.69) is 10.3 Å². The van der Waals surface area contributed by atoms with Gasteiger partial charge in [0.15, 0.2) is 18.2 Å². The number of aromatic nitrogens is 1. The van der Waals surface area contributed by atoms with Crippen LogP contribution in [0.3, 0.4) is 0 Å². The summed E-state index contributed by atoms with van der Waals surface area (Å²) in [5.74, 6) is 0.255. The number of fused-ring (bicyclic) bond motifs is 1. The number of carbonyl (C=O) groups is 2. The maximum atomic E-state index is 11.8. The van der Waals surface area contributed by atoms with E-state index in [1.54, 1.807) is 12.1 Å². The molecule has 7 nitrogen and oxygen atoms in total. The average molecular weight is 265 g/mol. The van der Waals surface area contributed by atoms with Crippen molar-refractivity contribution in [2.24, 2.45) is 0 Å². The third-order valence-corrected chi connectivity index (χ3v) is 2.62. The summed E-state index contributed by atoms with van der Waals surface area (Å²) in [6, 6.07) is 3.40. The highest BCUT2D eigenvalue weighted by Gasteiger charge is 2.28. The highest BCUT2D eigenvalue weighted by molar-refractivity contribution is 6.01. The fraction of sp³-hybridized carbons (Fsp3) is 0.417. The van der Waals surface area contributed by atoms with Gasteiger partial charge in [-0.05, 0) is 18.6 Å². The largest absolute Gasteiger partial charge is 0.480 e. The predicted molar refractivity (Wildman–Crippen MR) is 66.8 cm³/mol. The SMILES string of the molecule is O=C(CN1C(=O)COc2cccnc21)NCCCO. The molecule has 0 bridgehead atoms. The van der Waals surface area contributed by atoms with Crippen LogP contribution in [0.5, 0.6) is 5.75 Å². The van der Waals surface area contributed by atoms with E-state index in [1.165, 1.54) is 11.1 Å². The molecule has 1 aromatic rings. The Balaban J connectivity index is 2.03. The maximum Gasteiger partial charge on any atom is 0.266 e. The molecule has 0 fully saturated rings. The fourth-order valence-electron chi connectivity index (χ4n) is 1.70. The summed E-state index contributed by atoms with van der Waals surface area (Å²) in [5, 5.41) is 11.3. The molecule has 1 aliphatic rings. The highest BCUT2D eigenvalue weighted by atomic mass is 16.5. The highest BCUT2D eigenvalue weighted by Crippen LogP contribution is 2.28. The second kappa shape index (κ2) is 6.14. The van der Waals surface area contributed by atoms with Crippen molar-refractivity contribution in [3.05, 3.63) is 18.3 Å². The number of amides is 2. The maximum absolute atomic E-state index is 11.8. The molecule has 0 atom stereocenters. The molecular formula is C12H15N3O4. The normalized spacial score (nSPS) is 13.7. The Bertz CT molecular complexity index is 478. The lowest BCUT2D eigenvalue weighted by atomic mass is 10.3. The van der Waals surface area contributed by atoms with Gasteiger partial charge in [0.25, 0.3) is 5.91 Å². The Morgan fingerprint density at radius 1 is 1.58 bits per heavy atom. The van der Waals surface area contributed by atoms with Crippen LogP contribution >= 0.6 is 0 Å². The van der Waals surface area contributed by atoms with Gasteiger partial charge >= 0.3 is 0 Å². The molecule has 1 aliphatic heterocycles. The van der Waals surface area contributed by atoms with Gasteiger partial charge in [-0.25, -0.2) is 4.98 Å². The van der Waals surface area contributed by atoms with Gasteiger partial charge in [-0.1, -0.05) is 0 Å². The number of anilines is 1. The van der Waals surface area contributed by atoms with Crippen LogP contribution in [0.4, 0.5) is 5.82 Å². The molecule has 1 aromatic heterocycles. The lowest BCUT2D eigenvalue weighted by Gasteiger charge is -2.27. The van der Waals surface area contributed by atoms with Crippen molar-refractivity contribution in [3.63, 3.8) is 0 Å². The second-order valence-corrected chi connectivity index (χ2v) is 4.02. The molecule has 2 heterocycles. The van der Waals surface area contributed by atoms with Crippen LogP contribution in [-0.4, -0.2) is 48.2 Å². The van der Waals surface area contributed by atoms with Gasteiger partial charge in [0.1, 0.15) is 6.54 Å². The molecule has 0 unspecified atom stereocenters. The molecule has 7 heteroatoms. The lowest BCUT2D eigenvalue weighted by molar-refractivity contribution is -0.125. The first-order chi connectivity index (χ1) is 9.22. The number of aliphatic hydroxyl groups is 1. The zero-order valence-corrected chi connectivity index (χ0v) is 10.3. The lowest BCUT2D eigenvalue weighted by Crippen LogP contribution is -2.45. The zero-order chi connectivity index (χ0) is 13.7. The van der Waals surface area contributed by atoms with Gasteiger partial charge < -0.3 is 15.2 Å². The predicted octanol–water partition coefficient (Wildman–Crippen LogP) is -0.694. The van der Waals surface area contributed by atoms with E-state index >= 15 is 0 Å². The van der Waals surface area contributed by atoms with E-state index < -0.39 is 0 Å². The minimum absolute atomic E-state index is 0.0150. The van der Waals surface area contributed by atoms with Crippen molar-refractivity contribution in [2.75, 3.05) is 31.2 Å². The summed E-state index contributed by atoms with van der Waals surface area (Å²) < 4.78 is 5.23. The molecule has 2 N–H and O–H groups in total. The van der Waals surface area contributed by atoms with Gasteiger partial charge in [-0.15, -0.1) is 0 Å². The summed E-state index contributed by atoms with van der Waals surface area (Å²) in [5.41, 5.74) is 0. The van der Waals surface area contributed by atoms with Gasteiger partial charge in [-0.3, -0.25) is 14.5 Å². The van der Waals surface area contributed by atoms with Gasteiger partial charge in [0.2, 0.25) is 5.91 Å². The van der Waals surface area contributed by atoms with E-state index in [4.69, 9.17) is 9.84 Å². The molecule has 2 rings (SSSR count). The summed E-state index contributed by atoms with van der Waals surface area (Å²) in [6.45, 7) is 0.199. The van der Waals surface area contributed by atoms with E-state index in [0.717, 1.165) is 0 Å². The second-order valence-electron chi connectivity index (χ2n) is 4.02. The summed E-state index contributed by atoms with van der Waals surface area (Å²) in [6.07, 6.45) is 2.02. The minimum Gasteiger partial charge on any atom is -0.480 e. The van der Waals surface area contributed by atoms with Crippen LogP contribution in [0.1, 0.15) is 6.42 Å². The first kappa shape index (κ1) is 13.3. The molecule has 0 radical (unpaired) electrons. The van der Waals surface area contributed by atoms with Gasteiger partial charge in [-0.2, -0.15) is 0 Å². The number of aliphatic hydroxyl groups excluding tert-OH is 1. The number of carbonyl (C=O) groups excluding carboxylic acids is 2. The number of nitrogens with one attached hydrogen (secondary N) is 1. The number of hydrogen-bond donors (Lipinski definition) is 2. The molecule has 2 amide bonds. The first-order valence-corrected chi connectivity index (χ1v) is 5.98. The quantitative estimate of drug-likeness (QED) is 0.687. The Kier molecular flexibility index (Phi) is 4.30. The Morgan fingerprint density at radius 2 is 2.42 bits per heavy atom. The third kappa shape index (κ3) is 3.19. The van der Waals surface area contributed by atoms with Crippen LogP contribution in [0, 0.1) is 0 Å². The average Bonchev–Trinajstić information content (AvgIpc) is 2.42. The molecular weight excluding hydrogens is 250 g/mol. The summed E-state index contributed by atoms with van der Waals surface area (Å²) >= 11 is 0. The van der Waals surface area contributed by atoms with Crippen molar-refractivity contribution >= 4 is 17.6 Å². The standard InChI is InChI=1S/C12H15N3O4/c16-6-2-5-13-10(17)7-15-11(18)8-19-9-3-1-4-14-12(9)15/h1,3-4,16H,2,5-8H2,(H,13,17). The van der Waals surface area contributed by atoms with Crippen LogP contribution in [-0.2, 0) is 9.59 Å². The Labute approximate surface area is 110 Å². The van der Waals surface area contributed by atoms with Gasteiger partial charge in [0.05, 0.1) is 0 Å². The summed E-state index contributed by atoms with van der Waals surface area (Å²) in [7, 11) is 0. The molecule has 102 valence electrons. The zero-order valence-electron chi connectivity index (χ0n) is 10.3. The minimum atomic E-state index is -0.302. The van der Waals surface area contributed by atoms with E-state index in [-0.39, 0.29) is 31.6 Å². The van der Waals surface area contributed by atoms with Crippen molar-refractivity contribution in [1.29, 1.82) is 0 Å². The fourth-order valence-corrected chi connectivity index (χ4v) is 1.70. The molecule has 0 saturated heterocycles. The van der Waals surface area contributed by atoms with Crippen LogP contribution in [0.25, 0.3) is 0 Å². The smallest absolute Gasteiger partial charge is 0.266 e. The molecule has 0 aliphatic carbocycles. The van der Waals surface area contributed by atoms with Crippen LogP contribution in [0.15, 0.2) is 18.3 Å². The van der Waals surface area contributed by atoms with Crippen molar-refractivity contribution in [1.82, 2.24) is 10.3 Å². The monoisotopic (exact) mass is 265 g/mol. The molecule has 0 spiro atoms. The number of nitrogens with zero attached hydrogens (tertiary/aromatic N) is 2. The van der Waals surface area contributed by atoms with Crippen LogP contribution in [0.2, 0.25) is 0 Å². The van der Waals surface area contributed by atoms with Crippen molar-refractivity contribution < 1.29 is 19.4 Å². The Hall–Kier alpha value is -2.15. The van der Waals surface area contributed by atoms with Gasteiger partial charge in [0, 0.05) is 19.3 Å². The number of pyridine rings is 1. The van der Waals surface area contributed by atoms with E-state index in [0.29, 0.717) is 24.5 Å². The van der Waals surface area contributed by atoms with Crippen molar-refractivity contribution in [3.8, 4) is 5.75 Å². The van der Waals surface area contributed by atoms with Crippen LogP contribution < -0.4 is 15.0 Å². The number of rotatable bonds is 5. The number of ether oxygens (including phenoxy) is 1. The topological polar surface area (TPSA) is 91.8 Å².